The number of aliphatic hydroxyl groups is 2. The van der Waals surface area contributed by atoms with Crippen molar-refractivity contribution in [3.05, 3.63) is 72.2 Å². The van der Waals surface area contributed by atoms with Crippen molar-refractivity contribution < 1.29 is 54.8 Å². The number of hydrogen-bond acceptors (Lipinski definition) is 5. The maximum absolute atomic E-state index is 10.4. The first kappa shape index (κ1) is 24.2. The van der Waals surface area contributed by atoms with Gasteiger partial charge in [0.1, 0.15) is 17.4 Å². The van der Waals surface area contributed by atoms with Crippen molar-refractivity contribution in [1.82, 2.24) is 0 Å². The van der Waals surface area contributed by atoms with Crippen LogP contribution in [0.2, 0.25) is 0 Å². The Bertz CT molecular complexity index is 922. The third kappa shape index (κ3) is 5.59. The SMILES string of the molecule is CO.O=Cc1coc2ccccc12.OCc1coc2ccccc12.[B].[H-].[Na+]. The summed E-state index contributed by atoms with van der Waals surface area (Å²) in [6.07, 6.45) is 3.86. The zero-order valence-electron chi connectivity index (χ0n) is 15.8. The summed E-state index contributed by atoms with van der Waals surface area (Å²) in [5.41, 5.74) is 3.05. The summed E-state index contributed by atoms with van der Waals surface area (Å²) in [6, 6.07) is 15.1. The van der Waals surface area contributed by atoms with E-state index in [1.165, 1.54) is 6.26 Å². The molecule has 2 aromatic heterocycles. The van der Waals surface area contributed by atoms with Gasteiger partial charge in [-0.1, -0.05) is 36.4 Å². The van der Waals surface area contributed by atoms with Crippen LogP contribution in [0.1, 0.15) is 17.3 Å². The molecule has 3 radical (unpaired) electrons. The summed E-state index contributed by atoms with van der Waals surface area (Å²) >= 11 is 0. The molecule has 0 saturated heterocycles. The molecule has 4 aromatic rings. The van der Waals surface area contributed by atoms with Crippen molar-refractivity contribution >= 4 is 36.6 Å². The molecule has 26 heavy (non-hydrogen) atoms. The second-order valence-corrected chi connectivity index (χ2v) is 4.72. The molecule has 2 N–H and O–H groups in total. The zero-order valence-corrected chi connectivity index (χ0v) is 16.8. The van der Waals surface area contributed by atoms with Gasteiger partial charge in [-0.3, -0.25) is 4.79 Å². The number of carbonyl (C=O) groups excluding carboxylic acids is 1. The molecule has 0 aliphatic rings. The molecule has 2 aromatic carbocycles. The van der Waals surface area contributed by atoms with E-state index in [9.17, 15) is 4.79 Å². The van der Waals surface area contributed by atoms with E-state index in [0.29, 0.717) is 5.56 Å². The quantitative estimate of drug-likeness (QED) is 0.402. The Balaban J connectivity index is 0. The monoisotopic (exact) mass is 361 g/mol. The zero-order chi connectivity index (χ0) is 17.4. The van der Waals surface area contributed by atoms with Crippen molar-refractivity contribution in [3.8, 4) is 0 Å². The second kappa shape index (κ2) is 12.5. The number of carbonyl (C=O) groups is 1. The standard InChI is InChI=1S/C9H8O2.C9H6O2.CH4O.B.Na.H/c2*10-5-7-6-11-9-4-2-1-3-8(7)9;1-2;;;/h1-4,6,10H,5H2;1-6H;2H,1H3;;;/q;;;;+1;-1. The van der Waals surface area contributed by atoms with E-state index in [0.717, 1.165) is 40.9 Å². The number of aldehydes is 1. The Labute approximate surface area is 177 Å². The van der Waals surface area contributed by atoms with E-state index in [4.69, 9.17) is 19.0 Å². The summed E-state index contributed by atoms with van der Waals surface area (Å²) in [4.78, 5) is 10.4. The Hall–Kier alpha value is -1.83. The smallest absolute Gasteiger partial charge is 1.00 e. The van der Waals surface area contributed by atoms with Crippen molar-refractivity contribution in [2.75, 3.05) is 7.11 Å². The van der Waals surface area contributed by atoms with Crippen LogP contribution in [0.3, 0.4) is 0 Å². The van der Waals surface area contributed by atoms with Crippen LogP contribution < -0.4 is 29.6 Å². The molecule has 0 amide bonds. The number of para-hydroxylation sites is 2. The third-order valence-electron chi connectivity index (χ3n) is 3.37. The van der Waals surface area contributed by atoms with Crippen LogP contribution in [-0.2, 0) is 6.61 Å². The predicted octanol–water partition coefficient (Wildman–Crippen LogP) is 0.515. The van der Waals surface area contributed by atoms with Crippen molar-refractivity contribution in [2.24, 2.45) is 0 Å². The van der Waals surface area contributed by atoms with Gasteiger partial charge in [-0.25, -0.2) is 0 Å². The first-order valence-electron chi connectivity index (χ1n) is 7.25. The molecule has 5 nitrogen and oxygen atoms in total. The van der Waals surface area contributed by atoms with E-state index in [2.05, 4.69) is 0 Å². The van der Waals surface area contributed by atoms with E-state index in [1.807, 2.05) is 48.5 Å². The molecule has 0 aliphatic heterocycles. The van der Waals surface area contributed by atoms with Crippen LogP contribution in [0, 0.1) is 0 Å². The molecule has 2 heterocycles. The molecule has 0 aliphatic carbocycles. The van der Waals surface area contributed by atoms with Gasteiger partial charge in [-0.2, -0.15) is 0 Å². The summed E-state index contributed by atoms with van der Waals surface area (Å²) in [6.45, 7) is 0.0387. The third-order valence-corrected chi connectivity index (χ3v) is 3.37. The predicted molar refractivity (Wildman–Crippen MR) is 98.7 cm³/mol. The van der Waals surface area contributed by atoms with Crippen molar-refractivity contribution in [3.63, 3.8) is 0 Å². The largest absolute Gasteiger partial charge is 1.00 e. The van der Waals surface area contributed by atoms with Gasteiger partial charge in [-0.15, -0.1) is 0 Å². The minimum atomic E-state index is 0. The molecular formula is C19H19BNaO5. The maximum atomic E-state index is 10.4. The minimum Gasteiger partial charge on any atom is -1.00 e. The van der Waals surface area contributed by atoms with E-state index in [1.54, 1.807) is 6.26 Å². The van der Waals surface area contributed by atoms with Gasteiger partial charge in [0.25, 0.3) is 0 Å². The first-order chi connectivity index (χ1) is 11.8. The van der Waals surface area contributed by atoms with E-state index < -0.39 is 0 Å². The van der Waals surface area contributed by atoms with Gasteiger partial charge in [0.2, 0.25) is 0 Å². The molecule has 0 bridgehead atoms. The number of rotatable bonds is 2. The molecule has 0 saturated carbocycles. The van der Waals surface area contributed by atoms with Crippen LogP contribution in [-0.4, -0.2) is 32.0 Å². The van der Waals surface area contributed by atoms with Gasteiger partial charge in [0.05, 0.1) is 18.4 Å². The Morgan fingerprint density at radius 1 is 0.923 bits per heavy atom. The van der Waals surface area contributed by atoms with Crippen molar-refractivity contribution in [1.29, 1.82) is 0 Å². The van der Waals surface area contributed by atoms with Gasteiger partial charge < -0.3 is 20.5 Å². The van der Waals surface area contributed by atoms with Gasteiger partial charge in [0, 0.05) is 31.9 Å². The molecule has 7 heteroatoms. The van der Waals surface area contributed by atoms with Gasteiger partial charge in [0.15, 0.2) is 6.29 Å². The number of benzene rings is 2. The van der Waals surface area contributed by atoms with Crippen LogP contribution in [0.15, 0.2) is 69.9 Å². The topological polar surface area (TPSA) is 83.8 Å². The van der Waals surface area contributed by atoms with Crippen LogP contribution in [0.25, 0.3) is 21.9 Å². The summed E-state index contributed by atoms with van der Waals surface area (Å²) in [5.74, 6) is 0. The fraction of sp³-hybridized carbons (Fsp3) is 0.105. The molecule has 0 spiro atoms. The first-order valence-corrected chi connectivity index (χ1v) is 7.25. The average molecular weight is 361 g/mol. The molecule has 0 fully saturated rings. The average Bonchev–Trinajstić information content (AvgIpc) is 3.27. The fourth-order valence-corrected chi connectivity index (χ4v) is 2.24. The number of furan rings is 2. The molecule has 4 rings (SSSR count). The van der Waals surface area contributed by atoms with E-state index >= 15 is 0 Å². The van der Waals surface area contributed by atoms with Crippen LogP contribution in [0.5, 0.6) is 0 Å². The van der Waals surface area contributed by atoms with Gasteiger partial charge in [-0.05, 0) is 12.1 Å². The van der Waals surface area contributed by atoms with Crippen LogP contribution >= 0.6 is 0 Å². The Morgan fingerprint density at radius 2 is 1.42 bits per heavy atom. The fourth-order valence-electron chi connectivity index (χ4n) is 2.24. The summed E-state index contributed by atoms with van der Waals surface area (Å²) < 4.78 is 10.3. The Kier molecular flexibility index (Phi) is 11.6. The van der Waals surface area contributed by atoms with Crippen LogP contribution in [0.4, 0.5) is 0 Å². The number of aliphatic hydroxyl groups excluding tert-OH is 2. The number of hydrogen-bond donors (Lipinski definition) is 2. The molecule has 0 unspecified atom stereocenters. The summed E-state index contributed by atoms with van der Waals surface area (Å²) in [5, 5.41) is 17.7. The normalized spacial score (nSPS) is 9.04. The minimum absolute atomic E-state index is 0. The van der Waals surface area contributed by atoms with E-state index in [-0.39, 0.29) is 46.0 Å². The Morgan fingerprint density at radius 3 is 2.00 bits per heavy atom. The summed E-state index contributed by atoms with van der Waals surface area (Å²) in [7, 11) is 1.00. The maximum Gasteiger partial charge on any atom is 1.00 e. The molecule has 0 atom stereocenters. The second-order valence-electron chi connectivity index (χ2n) is 4.72. The molecular weight excluding hydrogens is 342 g/mol. The molecule has 129 valence electrons. The number of fused-ring (bicyclic) bond motifs is 2. The van der Waals surface area contributed by atoms with Gasteiger partial charge >= 0.3 is 29.6 Å². The van der Waals surface area contributed by atoms with Crippen molar-refractivity contribution in [2.45, 2.75) is 6.61 Å².